The van der Waals surface area contributed by atoms with Crippen molar-refractivity contribution in [1.29, 1.82) is 0 Å². The molecule has 0 saturated heterocycles. The highest BCUT2D eigenvalue weighted by Gasteiger charge is 2.23. The van der Waals surface area contributed by atoms with Crippen molar-refractivity contribution in [3.63, 3.8) is 0 Å². The maximum absolute atomic E-state index is 13.5. The quantitative estimate of drug-likeness (QED) is 0.593. The smallest absolute Gasteiger partial charge is 0.265 e. The van der Waals surface area contributed by atoms with Crippen LogP contribution in [0, 0.1) is 5.92 Å². The fraction of sp³-hybridized carbons (Fsp3) is 0.375. The van der Waals surface area contributed by atoms with Crippen molar-refractivity contribution in [1.82, 2.24) is 9.55 Å². The third kappa shape index (κ3) is 3.82. The van der Waals surface area contributed by atoms with Crippen LogP contribution in [0.3, 0.4) is 0 Å². The van der Waals surface area contributed by atoms with Gasteiger partial charge in [0.05, 0.1) is 23.1 Å². The van der Waals surface area contributed by atoms with Gasteiger partial charge in [0.25, 0.3) is 5.56 Å². The number of phenols is 1. The van der Waals surface area contributed by atoms with Gasteiger partial charge in [-0.25, -0.2) is 4.98 Å². The number of rotatable bonds is 7. The molecule has 1 heterocycles. The Hall–Kier alpha value is -2.95. The Labute approximate surface area is 170 Å². The number of hydrogen-bond donors (Lipinski definition) is 1. The molecule has 2 aromatic carbocycles. The van der Waals surface area contributed by atoms with Crippen molar-refractivity contribution in [2.24, 2.45) is 10.9 Å². The topological polar surface area (TPSA) is 67.5 Å². The second-order valence-corrected chi connectivity index (χ2v) is 8.25. The minimum atomic E-state index is -0.0963. The van der Waals surface area contributed by atoms with E-state index in [9.17, 15) is 9.90 Å². The number of aryl methyl sites for hydroxylation is 1. The molecule has 5 heteroatoms. The summed E-state index contributed by atoms with van der Waals surface area (Å²) in [6.07, 6.45) is 4.32. The summed E-state index contributed by atoms with van der Waals surface area (Å²) in [6, 6.07) is 11.1. The predicted octanol–water partition coefficient (Wildman–Crippen LogP) is 4.76. The highest BCUT2D eigenvalue weighted by Crippen LogP contribution is 2.36. The second-order valence-electron chi connectivity index (χ2n) is 8.25. The molecule has 150 valence electrons. The van der Waals surface area contributed by atoms with Gasteiger partial charge in [0.2, 0.25) is 0 Å². The number of phenolic OH excluding ortho intramolecular Hbond substituents is 1. The summed E-state index contributed by atoms with van der Waals surface area (Å²) in [5, 5.41) is 11.0. The number of aliphatic imine (C=N–C) groups is 1. The highest BCUT2D eigenvalue weighted by atomic mass is 16.3. The van der Waals surface area contributed by atoms with Crippen LogP contribution < -0.4 is 5.56 Å². The second kappa shape index (κ2) is 7.82. The minimum Gasteiger partial charge on any atom is -0.508 e. The molecule has 5 nitrogen and oxygen atoms in total. The molecular formula is C24H27N3O2. The van der Waals surface area contributed by atoms with Crippen LogP contribution in [-0.2, 0) is 13.0 Å². The van der Waals surface area contributed by atoms with Crippen LogP contribution in [0.25, 0.3) is 16.6 Å². The number of fused-ring (bicyclic) bond motifs is 1. The lowest BCUT2D eigenvalue weighted by atomic mass is 10.0. The summed E-state index contributed by atoms with van der Waals surface area (Å²) >= 11 is 0. The van der Waals surface area contributed by atoms with Crippen molar-refractivity contribution < 1.29 is 5.11 Å². The first-order valence-electron chi connectivity index (χ1n) is 10.3. The zero-order valence-electron chi connectivity index (χ0n) is 17.1. The number of benzene rings is 2. The lowest BCUT2D eigenvalue weighted by Crippen LogP contribution is -2.25. The van der Waals surface area contributed by atoms with Crippen LogP contribution in [0.1, 0.15) is 56.0 Å². The molecule has 0 unspecified atom stereocenters. The normalized spacial score (nSPS) is 13.9. The van der Waals surface area contributed by atoms with E-state index < -0.39 is 0 Å². The zero-order chi connectivity index (χ0) is 20.5. The van der Waals surface area contributed by atoms with Gasteiger partial charge in [-0.3, -0.25) is 14.4 Å². The fourth-order valence-corrected chi connectivity index (χ4v) is 3.83. The highest BCUT2D eigenvalue weighted by molar-refractivity contribution is 5.83. The van der Waals surface area contributed by atoms with Crippen molar-refractivity contribution in [3.05, 3.63) is 63.7 Å². The molecule has 0 radical (unpaired) electrons. The summed E-state index contributed by atoms with van der Waals surface area (Å²) in [5.41, 5.74) is 3.18. The van der Waals surface area contributed by atoms with Gasteiger partial charge in [-0.2, -0.15) is 0 Å². The van der Waals surface area contributed by atoms with Crippen molar-refractivity contribution >= 4 is 17.6 Å². The minimum absolute atomic E-state index is 0.0558. The first-order valence-corrected chi connectivity index (χ1v) is 10.3. The Morgan fingerprint density at radius 3 is 2.55 bits per heavy atom. The van der Waals surface area contributed by atoms with E-state index in [0.29, 0.717) is 23.3 Å². The SMILES string of the molecule is C=NCc1ccc(-n2c(C(C)C)nc3c(CCC4CC4)c(O)ccc3c2=O)cc1. The van der Waals surface area contributed by atoms with E-state index in [1.54, 1.807) is 16.7 Å². The van der Waals surface area contributed by atoms with Gasteiger partial charge in [0.15, 0.2) is 0 Å². The fourth-order valence-electron chi connectivity index (χ4n) is 3.83. The van der Waals surface area contributed by atoms with Crippen molar-refractivity contribution in [2.75, 3.05) is 0 Å². The molecule has 1 aliphatic carbocycles. The Morgan fingerprint density at radius 2 is 1.93 bits per heavy atom. The number of nitrogens with zero attached hydrogens (tertiary/aromatic N) is 3. The first kappa shape index (κ1) is 19.4. The first-order chi connectivity index (χ1) is 14.0. The third-order valence-electron chi connectivity index (χ3n) is 5.65. The Morgan fingerprint density at radius 1 is 1.21 bits per heavy atom. The van der Waals surface area contributed by atoms with Crippen LogP contribution in [0.5, 0.6) is 5.75 Å². The molecule has 1 fully saturated rings. The van der Waals surface area contributed by atoms with E-state index in [4.69, 9.17) is 4.98 Å². The molecule has 0 atom stereocenters. The van der Waals surface area contributed by atoms with E-state index in [1.807, 2.05) is 38.1 Å². The van der Waals surface area contributed by atoms with Crippen molar-refractivity contribution in [2.45, 2.75) is 52.0 Å². The Balaban J connectivity index is 1.89. The molecule has 1 N–H and O–H groups in total. The van der Waals surface area contributed by atoms with Gasteiger partial charge in [0.1, 0.15) is 11.6 Å². The predicted molar refractivity (Wildman–Crippen MR) is 117 cm³/mol. The van der Waals surface area contributed by atoms with Gasteiger partial charge in [-0.05, 0) is 55.3 Å². The zero-order valence-corrected chi connectivity index (χ0v) is 17.1. The van der Waals surface area contributed by atoms with E-state index in [1.165, 1.54) is 12.8 Å². The number of aromatic hydroxyl groups is 1. The molecule has 1 saturated carbocycles. The lowest BCUT2D eigenvalue weighted by molar-refractivity contribution is 0.467. The van der Waals surface area contributed by atoms with E-state index in [2.05, 4.69) is 11.7 Å². The molecule has 3 aromatic rings. The molecule has 29 heavy (non-hydrogen) atoms. The summed E-state index contributed by atoms with van der Waals surface area (Å²) in [7, 11) is 0. The molecule has 0 aliphatic heterocycles. The van der Waals surface area contributed by atoms with E-state index >= 15 is 0 Å². The maximum atomic E-state index is 13.5. The molecule has 0 spiro atoms. The maximum Gasteiger partial charge on any atom is 0.265 e. The van der Waals surface area contributed by atoms with Crippen LogP contribution in [0.2, 0.25) is 0 Å². The molecule has 1 aromatic heterocycles. The van der Waals surface area contributed by atoms with Crippen LogP contribution in [0.15, 0.2) is 46.2 Å². The summed E-state index contributed by atoms with van der Waals surface area (Å²) in [5.74, 6) is 1.74. The molecule has 4 rings (SSSR count). The monoisotopic (exact) mass is 389 g/mol. The summed E-state index contributed by atoms with van der Waals surface area (Å²) in [6.45, 7) is 8.15. The van der Waals surface area contributed by atoms with Gasteiger partial charge in [-0.15, -0.1) is 0 Å². The molecular weight excluding hydrogens is 362 g/mol. The van der Waals surface area contributed by atoms with E-state index in [-0.39, 0.29) is 17.2 Å². The summed E-state index contributed by atoms with van der Waals surface area (Å²) < 4.78 is 1.69. The molecule has 0 bridgehead atoms. The van der Waals surface area contributed by atoms with Crippen LogP contribution >= 0.6 is 0 Å². The lowest BCUT2D eigenvalue weighted by Gasteiger charge is -2.18. The van der Waals surface area contributed by atoms with E-state index in [0.717, 1.165) is 35.6 Å². The van der Waals surface area contributed by atoms with Crippen molar-refractivity contribution in [3.8, 4) is 11.4 Å². The summed E-state index contributed by atoms with van der Waals surface area (Å²) in [4.78, 5) is 22.3. The molecule has 1 aliphatic rings. The van der Waals surface area contributed by atoms with Gasteiger partial charge in [0, 0.05) is 11.5 Å². The standard InChI is InChI=1S/C24H27N3O2/c1-15(2)23-26-22-19(11-8-16-4-5-16)21(28)13-12-20(22)24(29)27(23)18-9-6-17(7-10-18)14-25-3/h6-7,9-10,12-13,15-16,28H,3-5,8,11,14H2,1-2H3. The van der Waals surface area contributed by atoms with Gasteiger partial charge in [-0.1, -0.05) is 38.8 Å². The largest absolute Gasteiger partial charge is 0.508 e. The number of aromatic nitrogens is 2. The average Bonchev–Trinajstić information content (AvgIpc) is 3.52. The van der Waals surface area contributed by atoms with Crippen LogP contribution in [-0.4, -0.2) is 21.4 Å². The Bertz CT molecular complexity index is 1110. The van der Waals surface area contributed by atoms with Gasteiger partial charge < -0.3 is 5.11 Å². The molecule has 0 amide bonds. The Kier molecular flexibility index (Phi) is 5.22. The third-order valence-corrected chi connectivity index (χ3v) is 5.65. The average molecular weight is 389 g/mol. The number of hydrogen-bond acceptors (Lipinski definition) is 4. The van der Waals surface area contributed by atoms with Crippen LogP contribution in [0.4, 0.5) is 0 Å². The van der Waals surface area contributed by atoms with Gasteiger partial charge >= 0.3 is 0 Å².